The molecule has 176 valence electrons. The van der Waals surface area contributed by atoms with Crippen molar-refractivity contribution in [3.05, 3.63) is 53.2 Å². The van der Waals surface area contributed by atoms with E-state index in [9.17, 15) is 8.42 Å². The Bertz CT molecular complexity index is 1470. The summed E-state index contributed by atoms with van der Waals surface area (Å²) in [4.78, 5) is 15.7. The minimum Gasteiger partial charge on any atom is -0.493 e. The molecule has 0 radical (unpaired) electrons. The quantitative estimate of drug-likeness (QED) is 0.413. The maximum atomic E-state index is 13.4. The summed E-state index contributed by atoms with van der Waals surface area (Å²) in [6.45, 7) is 2.24. The highest BCUT2D eigenvalue weighted by atomic mass is 32.2. The number of sulfonamides is 1. The van der Waals surface area contributed by atoms with Gasteiger partial charge in [0.05, 0.1) is 24.5 Å². The molecule has 34 heavy (non-hydrogen) atoms. The van der Waals surface area contributed by atoms with E-state index < -0.39 is 10.0 Å². The molecule has 0 spiro atoms. The predicted molar refractivity (Wildman–Crippen MR) is 132 cm³/mol. The topological polar surface area (TPSA) is 103 Å². The Morgan fingerprint density at radius 2 is 1.94 bits per heavy atom. The van der Waals surface area contributed by atoms with Gasteiger partial charge in [-0.15, -0.1) is 11.3 Å². The molecule has 0 amide bonds. The van der Waals surface area contributed by atoms with Crippen molar-refractivity contribution in [2.24, 2.45) is 5.92 Å². The maximum Gasteiger partial charge on any atom is 0.263 e. The first-order chi connectivity index (χ1) is 16.4. The lowest BCUT2D eigenvalue weighted by Gasteiger charge is -2.18. The van der Waals surface area contributed by atoms with Crippen molar-refractivity contribution in [3.8, 4) is 22.9 Å². The van der Waals surface area contributed by atoms with Gasteiger partial charge < -0.3 is 9.47 Å². The molecule has 3 aromatic heterocycles. The average molecular weight is 497 g/mol. The van der Waals surface area contributed by atoms with E-state index in [1.165, 1.54) is 31.2 Å². The van der Waals surface area contributed by atoms with Crippen LogP contribution in [-0.2, 0) is 22.9 Å². The number of nitrogens with zero attached hydrogens (tertiary/aromatic N) is 3. The van der Waals surface area contributed by atoms with Crippen LogP contribution >= 0.6 is 11.3 Å². The SMILES string of the molecule is COc1ccc(S(=O)(=O)Nc2nc(-c3cccnc3)nc3sc4c(c23)CC[C@@H](C)C4)cc1OC. The molecule has 10 heteroatoms. The molecule has 1 atom stereocenters. The van der Waals surface area contributed by atoms with E-state index >= 15 is 0 Å². The zero-order valence-corrected chi connectivity index (χ0v) is 20.7. The van der Waals surface area contributed by atoms with Gasteiger partial charge in [-0.25, -0.2) is 18.4 Å². The summed E-state index contributed by atoms with van der Waals surface area (Å²) in [6, 6.07) is 8.15. The molecule has 0 saturated heterocycles. The van der Waals surface area contributed by atoms with Crippen molar-refractivity contribution in [1.82, 2.24) is 15.0 Å². The van der Waals surface area contributed by atoms with E-state index in [1.807, 2.05) is 6.07 Å². The lowest BCUT2D eigenvalue weighted by molar-refractivity contribution is 0.354. The fourth-order valence-electron chi connectivity index (χ4n) is 4.21. The second-order valence-corrected chi connectivity index (χ2v) is 11.1. The number of aryl methyl sites for hydroxylation is 1. The van der Waals surface area contributed by atoms with Crippen LogP contribution in [0.25, 0.3) is 21.6 Å². The first-order valence-corrected chi connectivity index (χ1v) is 13.2. The number of hydrogen-bond donors (Lipinski definition) is 1. The van der Waals surface area contributed by atoms with E-state index in [-0.39, 0.29) is 10.7 Å². The zero-order valence-electron chi connectivity index (χ0n) is 19.0. The van der Waals surface area contributed by atoms with Gasteiger partial charge in [-0.2, -0.15) is 0 Å². The summed E-state index contributed by atoms with van der Waals surface area (Å²) < 4.78 is 40.1. The largest absolute Gasteiger partial charge is 0.493 e. The van der Waals surface area contributed by atoms with Crippen LogP contribution in [-0.4, -0.2) is 37.6 Å². The molecule has 0 unspecified atom stereocenters. The number of thiophene rings is 1. The van der Waals surface area contributed by atoms with Crippen LogP contribution in [0, 0.1) is 5.92 Å². The zero-order chi connectivity index (χ0) is 23.9. The molecular formula is C24H24N4O4S2. The third-order valence-corrected chi connectivity index (χ3v) is 8.46. The van der Waals surface area contributed by atoms with Gasteiger partial charge in [-0.1, -0.05) is 6.92 Å². The fraction of sp³-hybridized carbons (Fsp3) is 0.292. The standard InChI is InChI=1S/C24H24N4O4S2/c1-14-6-8-17-20(11-14)33-24-21(17)23(26-22(27-24)15-5-4-10-25-13-15)28-34(29,30)16-7-9-18(31-2)19(12-16)32-3/h4-5,7,9-10,12-14H,6,8,11H2,1-3H3,(H,26,27,28)/t14-/m1/s1. The Labute approximate surface area is 202 Å². The van der Waals surface area contributed by atoms with Gasteiger partial charge in [0.25, 0.3) is 10.0 Å². The second kappa shape index (κ2) is 8.84. The van der Waals surface area contributed by atoms with Crippen LogP contribution in [0.3, 0.4) is 0 Å². The Hall–Kier alpha value is -3.24. The first kappa shape index (κ1) is 22.5. The van der Waals surface area contributed by atoms with Gasteiger partial charge in [0, 0.05) is 28.9 Å². The fourth-order valence-corrected chi connectivity index (χ4v) is 6.62. The number of ether oxygens (including phenoxy) is 2. The lowest BCUT2D eigenvalue weighted by atomic mass is 9.89. The molecule has 4 aromatic rings. The highest BCUT2D eigenvalue weighted by Crippen LogP contribution is 2.41. The number of hydrogen-bond acceptors (Lipinski definition) is 8. The molecule has 1 aliphatic rings. The molecule has 3 heterocycles. The molecular weight excluding hydrogens is 472 g/mol. The normalized spacial score (nSPS) is 15.7. The van der Waals surface area contributed by atoms with Gasteiger partial charge in [0.2, 0.25) is 0 Å². The van der Waals surface area contributed by atoms with E-state index in [2.05, 4.69) is 21.6 Å². The summed E-state index contributed by atoms with van der Waals surface area (Å²) >= 11 is 1.62. The summed E-state index contributed by atoms with van der Waals surface area (Å²) in [5.41, 5.74) is 1.86. The van der Waals surface area contributed by atoms with Crippen molar-refractivity contribution in [3.63, 3.8) is 0 Å². The number of pyridine rings is 1. The Morgan fingerprint density at radius 1 is 1.12 bits per heavy atom. The van der Waals surface area contributed by atoms with Gasteiger partial charge in [0.15, 0.2) is 23.1 Å². The summed E-state index contributed by atoms with van der Waals surface area (Å²) in [6.07, 6.45) is 6.22. The third kappa shape index (κ3) is 4.07. The van der Waals surface area contributed by atoms with E-state index in [4.69, 9.17) is 14.5 Å². The Morgan fingerprint density at radius 3 is 2.68 bits per heavy atom. The summed E-state index contributed by atoms with van der Waals surface area (Å²) in [7, 11) is -0.994. The Kier molecular flexibility index (Phi) is 5.86. The Balaban J connectivity index is 1.66. The van der Waals surface area contributed by atoms with Crippen molar-refractivity contribution in [1.29, 1.82) is 0 Å². The number of fused-ring (bicyclic) bond motifs is 3. The smallest absolute Gasteiger partial charge is 0.263 e. The second-order valence-electron chi connectivity index (χ2n) is 8.29. The molecule has 1 N–H and O–H groups in total. The summed E-state index contributed by atoms with van der Waals surface area (Å²) in [5, 5.41) is 0.781. The van der Waals surface area contributed by atoms with Gasteiger partial charge in [-0.3, -0.25) is 9.71 Å². The van der Waals surface area contributed by atoms with Gasteiger partial charge in [-0.05, 0) is 55.0 Å². The van der Waals surface area contributed by atoms with Crippen LogP contribution in [0.15, 0.2) is 47.6 Å². The van der Waals surface area contributed by atoms with Crippen LogP contribution in [0.5, 0.6) is 11.5 Å². The first-order valence-electron chi connectivity index (χ1n) is 10.9. The van der Waals surface area contributed by atoms with Crippen molar-refractivity contribution in [2.45, 2.75) is 31.1 Å². The van der Waals surface area contributed by atoms with E-state index in [1.54, 1.807) is 35.9 Å². The molecule has 0 aliphatic heterocycles. The molecule has 1 aromatic carbocycles. The number of methoxy groups -OCH3 is 2. The molecule has 0 bridgehead atoms. The van der Waals surface area contributed by atoms with Crippen molar-refractivity contribution < 1.29 is 17.9 Å². The minimum atomic E-state index is -3.96. The third-order valence-electron chi connectivity index (χ3n) is 5.97. The molecule has 0 saturated carbocycles. The van der Waals surface area contributed by atoms with E-state index in [0.717, 1.165) is 40.6 Å². The molecule has 1 aliphatic carbocycles. The highest BCUT2D eigenvalue weighted by Gasteiger charge is 2.27. The molecule has 8 nitrogen and oxygen atoms in total. The minimum absolute atomic E-state index is 0.0533. The van der Waals surface area contributed by atoms with Crippen LogP contribution in [0.4, 0.5) is 5.82 Å². The van der Waals surface area contributed by atoms with E-state index in [0.29, 0.717) is 23.2 Å². The number of anilines is 1. The molecule has 0 fully saturated rings. The van der Waals surface area contributed by atoms with Crippen LogP contribution in [0.1, 0.15) is 23.8 Å². The van der Waals surface area contributed by atoms with Gasteiger partial charge in [0.1, 0.15) is 4.83 Å². The average Bonchev–Trinajstić information content (AvgIpc) is 3.21. The molecule has 5 rings (SSSR count). The number of nitrogens with one attached hydrogen (secondary N) is 1. The number of rotatable bonds is 6. The summed E-state index contributed by atoms with van der Waals surface area (Å²) in [5.74, 6) is 2.07. The van der Waals surface area contributed by atoms with Crippen molar-refractivity contribution in [2.75, 3.05) is 18.9 Å². The monoisotopic (exact) mass is 496 g/mol. The highest BCUT2D eigenvalue weighted by molar-refractivity contribution is 7.92. The maximum absolute atomic E-state index is 13.4. The lowest BCUT2D eigenvalue weighted by Crippen LogP contribution is -2.16. The van der Waals surface area contributed by atoms with Crippen LogP contribution < -0.4 is 14.2 Å². The van der Waals surface area contributed by atoms with Crippen LogP contribution in [0.2, 0.25) is 0 Å². The van der Waals surface area contributed by atoms with Gasteiger partial charge >= 0.3 is 0 Å². The number of benzene rings is 1. The van der Waals surface area contributed by atoms with Crippen molar-refractivity contribution >= 4 is 37.4 Å². The number of aromatic nitrogens is 3. The predicted octanol–water partition coefficient (Wildman–Crippen LogP) is 4.70.